The van der Waals surface area contributed by atoms with Crippen molar-refractivity contribution in [2.75, 3.05) is 18.0 Å². The number of carbonyl (C=O) groups is 1. The highest BCUT2D eigenvalue weighted by Crippen LogP contribution is 2.22. The third-order valence-electron chi connectivity index (χ3n) is 2.12. The van der Waals surface area contributed by atoms with Crippen LogP contribution in [0.5, 0.6) is 0 Å². The number of amides is 1. The predicted molar refractivity (Wildman–Crippen MR) is 58.6 cm³/mol. The SMILES string of the molecule is Nc1ccc(C(=O)NCC(F)(F)C(F)F)c(N)c1. The van der Waals surface area contributed by atoms with Gasteiger partial charge < -0.3 is 16.8 Å². The molecule has 0 heterocycles. The van der Waals surface area contributed by atoms with Crippen LogP contribution in [0.3, 0.4) is 0 Å². The molecule has 18 heavy (non-hydrogen) atoms. The molecule has 0 aromatic heterocycles. The first-order valence-corrected chi connectivity index (χ1v) is 4.83. The fourth-order valence-electron chi connectivity index (χ4n) is 1.16. The van der Waals surface area contributed by atoms with Gasteiger partial charge in [-0.05, 0) is 18.2 Å². The van der Waals surface area contributed by atoms with Gasteiger partial charge in [-0.3, -0.25) is 4.79 Å². The fraction of sp³-hybridized carbons (Fsp3) is 0.300. The molecule has 0 aliphatic carbocycles. The van der Waals surface area contributed by atoms with E-state index in [0.29, 0.717) is 5.69 Å². The molecule has 0 radical (unpaired) electrons. The smallest absolute Gasteiger partial charge is 0.324 e. The van der Waals surface area contributed by atoms with Crippen molar-refractivity contribution < 1.29 is 22.4 Å². The third-order valence-corrected chi connectivity index (χ3v) is 2.12. The van der Waals surface area contributed by atoms with Gasteiger partial charge in [-0.2, -0.15) is 8.78 Å². The number of hydrogen-bond donors (Lipinski definition) is 3. The summed E-state index contributed by atoms with van der Waals surface area (Å²) in [7, 11) is 0. The van der Waals surface area contributed by atoms with Crippen LogP contribution >= 0.6 is 0 Å². The largest absolute Gasteiger partial charge is 0.399 e. The average Bonchev–Trinajstić information content (AvgIpc) is 2.25. The highest BCUT2D eigenvalue weighted by atomic mass is 19.3. The van der Waals surface area contributed by atoms with Gasteiger partial charge in [0.2, 0.25) is 0 Å². The molecule has 1 aromatic rings. The summed E-state index contributed by atoms with van der Waals surface area (Å²) in [6, 6.07) is 3.83. The number of hydrogen-bond acceptors (Lipinski definition) is 3. The number of halogens is 4. The van der Waals surface area contributed by atoms with Crippen LogP contribution in [0.4, 0.5) is 28.9 Å². The normalized spacial score (nSPS) is 11.6. The summed E-state index contributed by atoms with van der Waals surface area (Å²) < 4.78 is 48.9. The van der Waals surface area contributed by atoms with Gasteiger partial charge in [0, 0.05) is 11.4 Å². The van der Waals surface area contributed by atoms with Crippen LogP contribution in [0.25, 0.3) is 0 Å². The third kappa shape index (κ3) is 3.25. The Hall–Kier alpha value is -1.99. The molecule has 1 aromatic carbocycles. The van der Waals surface area contributed by atoms with Crippen LogP contribution in [0.1, 0.15) is 10.4 Å². The Morgan fingerprint density at radius 1 is 1.33 bits per heavy atom. The number of nitrogens with two attached hydrogens (primary N) is 2. The maximum absolute atomic E-state index is 12.6. The standard InChI is InChI=1S/C10H11F4N3O/c11-9(12)10(13,14)4-17-8(18)6-2-1-5(15)3-7(6)16/h1-3,9H,4,15-16H2,(H,17,18). The van der Waals surface area contributed by atoms with E-state index in [1.165, 1.54) is 18.2 Å². The Balaban J connectivity index is 2.72. The van der Waals surface area contributed by atoms with Crippen LogP contribution in [-0.2, 0) is 0 Å². The van der Waals surface area contributed by atoms with Gasteiger partial charge in [-0.25, -0.2) is 8.78 Å². The summed E-state index contributed by atoms with van der Waals surface area (Å²) in [5.74, 6) is -5.24. The lowest BCUT2D eigenvalue weighted by Crippen LogP contribution is -2.41. The lowest BCUT2D eigenvalue weighted by atomic mass is 10.1. The Morgan fingerprint density at radius 2 is 1.94 bits per heavy atom. The van der Waals surface area contributed by atoms with E-state index in [-0.39, 0.29) is 11.3 Å². The molecule has 0 saturated carbocycles. The van der Waals surface area contributed by atoms with Crippen molar-refractivity contribution in [1.82, 2.24) is 5.32 Å². The van der Waals surface area contributed by atoms with Gasteiger partial charge in [0.05, 0.1) is 12.1 Å². The van der Waals surface area contributed by atoms with Gasteiger partial charge in [-0.15, -0.1) is 0 Å². The minimum atomic E-state index is -4.28. The van der Waals surface area contributed by atoms with Crippen molar-refractivity contribution >= 4 is 17.3 Å². The highest BCUT2D eigenvalue weighted by molar-refractivity contribution is 5.99. The van der Waals surface area contributed by atoms with Crippen molar-refractivity contribution in [2.24, 2.45) is 0 Å². The van der Waals surface area contributed by atoms with Crippen molar-refractivity contribution in [3.05, 3.63) is 23.8 Å². The second-order valence-electron chi connectivity index (χ2n) is 3.59. The first-order chi connectivity index (χ1) is 8.24. The summed E-state index contributed by atoms with van der Waals surface area (Å²) in [5, 5.41) is 1.69. The number of nitrogens with one attached hydrogen (secondary N) is 1. The molecule has 0 bridgehead atoms. The van der Waals surface area contributed by atoms with E-state index in [2.05, 4.69) is 0 Å². The molecular weight excluding hydrogens is 254 g/mol. The van der Waals surface area contributed by atoms with Gasteiger partial charge in [0.15, 0.2) is 0 Å². The van der Waals surface area contributed by atoms with Crippen LogP contribution in [0.2, 0.25) is 0 Å². The lowest BCUT2D eigenvalue weighted by Gasteiger charge is -2.16. The number of alkyl halides is 4. The van der Waals surface area contributed by atoms with E-state index >= 15 is 0 Å². The summed E-state index contributed by atoms with van der Waals surface area (Å²) in [5.41, 5.74) is 11.0. The summed E-state index contributed by atoms with van der Waals surface area (Å²) >= 11 is 0. The van der Waals surface area contributed by atoms with Crippen LogP contribution in [0, 0.1) is 0 Å². The molecule has 0 aliphatic heterocycles. The summed E-state index contributed by atoms with van der Waals surface area (Å²) in [4.78, 5) is 11.4. The minimum Gasteiger partial charge on any atom is -0.399 e. The summed E-state index contributed by atoms with van der Waals surface area (Å²) in [6.45, 7) is -1.46. The first-order valence-electron chi connectivity index (χ1n) is 4.83. The zero-order valence-electron chi connectivity index (χ0n) is 9.09. The van der Waals surface area contributed by atoms with Crippen molar-refractivity contribution in [3.8, 4) is 0 Å². The minimum absolute atomic E-state index is 0.0205. The Kier molecular flexibility index (Phi) is 4.00. The monoisotopic (exact) mass is 265 g/mol. The molecule has 0 atom stereocenters. The zero-order valence-corrected chi connectivity index (χ0v) is 9.09. The zero-order chi connectivity index (χ0) is 13.9. The maximum Gasteiger partial charge on any atom is 0.324 e. The molecule has 100 valence electrons. The van der Waals surface area contributed by atoms with E-state index in [1.54, 1.807) is 5.32 Å². The lowest BCUT2D eigenvalue weighted by molar-refractivity contribution is -0.123. The van der Waals surface area contributed by atoms with Gasteiger partial charge in [0.1, 0.15) is 0 Å². The van der Waals surface area contributed by atoms with Gasteiger partial charge in [-0.1, -0.05) is 0 Å². The number of rotatable bonds is 4. The number of benzene rings is 1. The molecule has 0 unspecified atom stereocenters. The number of nitrogen functional groups attached to an aromatic ring is 2. The molecule has 0 spiro atoms. The molecular formula is C10H11F4N3O. The van der Waals surface area contributed by atoms with Crippen LogP contribution < -0.4 is 16.8 Å². The van der Waals surface area contributed by atoms with E-state index in [9.17, 15) is 22.4 Å². The Bertz CT molecular complexity index is 451. The quantitative estimate of drug-likeness (QED) is 0.569. The molecule has 1 rings (SSSR count). The van der Waals surface area contributed by atoms with Gasteiger partial charge in [0.25, 0.3) is 5.91 Å². The molecule has 4 nitrogen and oxygen atoms in total. The summed E-state index contributed by atoms with van der Waals surface area (Å²) in [6.07, 6.45) is -3.85. The van der Waals surface area contributed by atoms with E-state index < -0.39 is 24.8 Å². The van der Waals surface area contributed by atoms with Crippen LogP contribution in [0.15, 0.2) is 18.2 Å². The van der Waals surface area contributed by atoms with Crippen molar-refractivity contribution in [1.29, 1.82) is 0 Å². The molecule has 0 saturated heterocycles. The van der Waals surface area contributed by atoms with E-state index in [4.69, 9.17) is 11.5 Å². The first kappa shape index (κ1) is 14.1. The maximum atomic E-state index is 12.6. The van der Waals surface area contributed by atoms with E-state index in [0.717, 1.165) is 0 Å². The molecule has 0 aliphatic rings. The molecule has 1 amide bonds. The van der Waals surface area contributed by atoms with Gasteiger partial charge >= 0.3 is 12.3 Å². The highest BCUT2D eigenvalue weighted by Gasteiger charge is 2.40. The molecule has 8 heteroatoms. The number of anilines is 2. The van der Waals surface area contributed by atoms with Crippen molar-refractivity contribution in [3.63, 3.8) is 0 Å². The second-order valence-corrected chi connectivity index (χ2v) is 3.59. The predicted octanol–water partition coefficient (Wildman–Crippen LogP) is 1.48. The van der Waals surface area contributed by atoms with Crippen LogP contribution in [-0.4, -0.2) is 24.8 Å². The Labute approximate surface area is 99.9 Å². The second kappa shape index (κ2) is 5.11. The average molecular weight is 265 g/mol. The number of carbonyl (C=O) groups excluding carboxylic acids is 1. The fourth-order valence-corrected chi connectivity index (χ4v) is 1.16. The van der Waals surface area contributed by atoms with E-state index in [1.807, 2.05) is 0 Å². The van der Waals surface area contributed by atoms with Crippen molar-refractivity contribution in [2.45, 2.75) is 12.3 Å². The Morgan fingerprint density at radius 3 is 2.44 bits per heavy atom. The topological polar surface area (TPSA) is 81.1 Å². The molecule has 5 N–H and O–H groups in total. The molecule has 0 fully saturated rings.